The van der Waals surface area contributed by atoms with E-state index in [2.05, 4.69) is 21.2 Å². The van der Waals surface area contributed by atoms with Crippen LogP contribution in [0.15, 0.2) is 22.7 Å². The molecule has 1 aromatic rings. The Morgan fingerprint density at radius 2 is 2.17 bits per heavy atom. The van der Waals surface area contributed by atoms with Gasteiger partial charge in [0.25, 0.3) is 5.91 Å². The molecule has 0 radical (unpaired) electrons. The van der Waals surface area contributed by atoms with Gasteiger partial charge in [-0.05, 0) is 49.4 Å². The third-order valence-corrected chi connectivity index (χ3v) is 3.49. The largest absolute Gasteiger partial charge is 0.350 e. The molecule has 0 spiro atoms. The summed E-state index contributed by atoms with van der Waals surface area (Å²) in [7, 11) is 0. The monoisotopic (exact) mass is 332 g/mol. The maximum atomic E-state index is 11.9. The quantitative estimate of drug-likeness (QED) is 0.890. The van der Waals surface area contributed by atoms with Crippen LogP contribution >= 0.6 is 28.3 Å². The highest BCUT2D eigenvalue weighted by Crippen LogP contribution is 2.31. The average molecular weight is 334 g/mol. The summed E-state index contributed by atoms with van der Waals surface area (Å²) in [5, 5.41) is 2.89. The Bertz CT molecular complexity index is 415. The summed E-state index contributed by atoms with van der Waals surface area (Å²) in [6, 6.07) is 5.78. The fourth-order valence-electron chi connectivity index (χ4n) is 1.87. The van der Waals surface area contributed by atoms with Gasteiger partial charge >= 0.3 is 0 Å². The number of carbonyl (C=O) groups is 1. The van der Waals surface area contributed by atoms with Crippen molar-refractivity contribution in [3.8, 4) is 0 Å². The van der Waals surface area contributed by atoms with E-state index < -0.39 is 0 Å². The van der Waals surface area contributed by atoms with E-state index in [4.69, 9.17) is 5.73 Å². The second kappa shape index (κ2) is 6.55. The first-order chi connectivity index (χ1) is 8.06. The Kier molecular flexibility index (Phi) is 5.63. The van der Waals surface area contributed by atoms with Crippen LogP contribution in [-0.2, 0) is 0 Å². The first kappa shape index (κ1) is 15.5. The van der Waals surface area contributed by atoms with Crippen LogP contribution in [0.5, 0.6) is 0 Å². The number of aryl methyl sites for hydroxylation is 1. The number of hydrogen-bond acceptors (Lipinski definition) is 2. The first-order valence-electron chi connectivity index (χ1n) is 5.87. The summed E-state index contributed by atoms with van der Waals surface area (Å²) in [4.78, 5) is 11.9. The van der Waals surface area contributed by atoms with E-state index in [1.807, 2.05) is 25.1 Å². The number of rotatable bonds is 4. The maximum Gasteiger partial charge on any atom is 0.251 e. The van der Waals surface area contributed by atoms with Crippen molar-refractivity contribution in [2.75, 3.05) is 6.54 Å². The van der Waals surface area contributed by atoms with Crippen LogP contribution in [0.4, 0.5) is 0 Å². The minimum atomic E-state index is -0.0505. The number of halogens is 2. The van der Waals surface area contributed by atoms with Crippen LogP contribution in [0.25, 0.3) is 0 Å². The highest BCUT2D eigenvalue weighted by atomic mass is 79.9. The summed E-state index contributed by atoms with van der Waals surface area (Å²) in [6.45, 7) is 2.53. The molecule has 100 valence electrons. The van der Waals surface area contributed by atoms with E-state index in [1.54, 1.807) is 0 Å². The van der Waals surface area contributed by atoms with Gasteiger partial charge in [-0.25, -0.2) is 0 Å². The smallest absolute Gasteiger partial charge is 0.251 e. The number of carbonyl (C=O) groups excluding carboxylic acids is 1. The maximum absolute atomic E-state index is 11.9. The zero-order valence-corrected chi connectivity index (χ0v) is 12.7. The van der Waals surface area contributed by atoms with Crippen molar-refractivity contribution >= 4 is 34.2 Å². The zero-order valence-electron chi connectivity index (χ0n) is 10.3. The van der Waals surface area contributed by atoms with Crippen molar-refractivity contribution in [2.45, 2.75) is 25.8 Å². The lowest BCUT2D eigenvalue weighted by Gasteiger charge is -2.12. The van der Waals surface area contributed by atoms with Crippen LogP contribution in [0.1, 0.15) is 28.8 Å². The fourth-order valence-corrected chi connectivity index (χ4v) is 2.48. The normalized spacial score (nSPS) is 15.7. The molecule has 18 heavy (non-hydrogen) atoms. The third kappa shape index (κ3) is 4.26. The second-order valence-electron chi connectivity index (χ2n) is 4.73. The molecule has 1 atom stereocenters. The van der Waals surface area contributed by atoms with E-state index in [9.17, 15) is 4.79 Å². The van der Waals surface area contributed by atoms with Gasteiger partial charge in [-0.15, -0.1) is 12.4 Å². The molecule has 0 aliphatic heterocycles. The average Bonchev–Trinajstić information content (AvgIpc) is 3.07. The third-order valence-electron chi connectivity index (χ3n) is 3.03. The Morgan fingerprint density at radius 3 is 2.72 bits per heavy atom. The van der Waals surface area contributed by atoms with Gasteiger partial charge in [-0.2, -0.15) is 0 Å². The molecule has 3 nitrogen and oxygen atoms in total. The van der Waals surface area contributed by atoms with Gasteiger partial charge in [0.1, 0.15) is 0 Å². The minimum Gasteiger partial charge on any atom is -0.350 e. The van der Waals surface area contributed by atoms with Crippen molar-refractivity contribution in [1.29, 1.82) is 0 Å². The highest BCUT2D eigenvalue weighted by molar-refractivity contribution is 9.10. The Balaban J connectivity index is 0.00000162. The summed E-state index contributed by atoms with van der Waals surface area (Å²) < 4.78 is 0.925. The number of nitrogens with one attached hydrogen (secondary N) is 1. The van der Waals surface area contributed by atoms with Gasteiger partial charge in [0.15, 0.2) is 0 Å². The predicted molar refractivity (Wildman–Crippen MR) is 79.2 cm³/mol. The van der Waals surface area contributed by atoms with Crippen molar-refractivity contribution in [1.82, 2.24) is 5.32 Å². The van der Waals surface area contributed by atoms with Crippen LogP contribution in [-0.4, -0.2) is 18.5 Å². The molecule has 5 heteroatoms. The molecule has 0 aromatic heterocycles. The van der Waals surface area contributed by atoms with Gasteiger partial charge in [0.05, 0.1) is 0 Å². The van der Waals surface area contributed by atoms with E-state index in [1.165, 1.54) is 12.8 Å². The van der Waals surface area contributed by atoms with E-state index >= 15 is 0 Å². The summed E-state index contributed by atoms with van der Waals surface area (Å²) in [5.74, 6) is 0.560. The molecule has 2 rings (SSSR count). The van der Waals surface area contributed by atoms with Crippen molar-refractivity contribution in [3.05, 3.63) is 33.8 Å². The predicted octanol–water partition coefficient (Wildman–Crippen LogP) is 2.65. The van der Waals surface area contributed by atoms with E-state index in [0.717, 1.165) is 10.0 Å². The molecular formula is C13H18BrClN2O. The molecule has 1 saturated carbocycles. The van der Waals surface area contributed by atoms with Crippen LogP contribution in [0.2, 0.25) is 0 Å². The first-order valence-corrected chi connectivity index (χ1v) is 6.66. The summed E-state index contributed by atoms with van der Waals surface area (Å²) >= 11 is 3.39. The van der Waals surface area contributed by atoms with Gasteiger partial charge in [-0.3, -0.25) is 4.79 Å². The van der Waals surface area contributed by atoms with Crippen molar-refractivity contribution < 1.29 is 4.79 Å². The van der Waals surface area contributed by atoms with Crippen LogP contribution < -0.4 is 11.1 Å². The summed E-state index contributed by atoms with van der Waals surface area (Å²) in [6.07, 6.45) is 2.40. The molecule has 1 aliphatic rings. The van der Waals surface area contributed by atoms with Crippen LogP contribution in [0, 0.1) is 12.8 Å². The van der Waals surface area contributed by atoms with Crippen molar-refractivity contribution in [3.63, 3.8) is 0 Å². The van der Waals surface area contributed by atoms with Crippen LogP contribution in [0.3, 0.4) is 0 Å². The van der Waals surface area contributed by atoms with E-state index in [-0.39, 0.29) is 24.4 Å². The Hall–Kier alpha value is -0.580. The molecule has 0 bridgehead atoms. The van der Waals surface area contributed by atoms with Crippen molar-refractivity contribution in [2.24, 2.45) is 11.7 Å². The topological polar surface area (TPSA) is 55.1 Å². The lowest BCUT2D eigenvalue weighted by Crippen LogP contribution is -2.38. The molecular weight excluding hydrogens is 316 g/mol. The fraction of sp³-hybridized carbons (Fsp3) is 0.462. The molecule has 1 fully saturated rings. The molecule has 3 N–H and O–H groups in total. The molecule has 1 amide bonds. The lowest BCUT2D eigenvalue weighted by molar-refractivity contribution is 0.0950. The second-order valence-corrected chi connectivity index (χ2v) is 5.64. The van der Waals surface area contributed by atoms with Gasteiger partial charge < -0.3 is 11.1 Å². The number of hydrogen-bond donors (Lipinski definition) is 2. The lowest BCUT2D eigenvalue weighted by atomic mass is 10.1. The van der Waals surface area contributed by atoms with Gasteiger partial charge in [0, 0.05) is 22.6 Å². The number of benzene rings is 1. The highest BCUT2D eigenvalue weighted by Gasteiger charge is 2.28. The standard InChI is InChI=1S/C13H17BrN2O.ClH/c1-8-4-10(6-11(14)5-8)13(17)16-7-12(15)9-2-3-9;/h4-6,9,12H,2-3,7,15H2,1H3,(H,16,17);1H. The molecule has 1 unspecified atom stereocenters. The molecule has 0 heterocycles. The molecule has 0 saturated heterocycles. The zero-order chi connectivity index (χ0) is 12.4. The Labute approximate surface area is 122 Å². The minimum absolute atomic E-state index is 0. The van der Waals surface area contributed by atoms with E-state index in [0.29, 0.717) is 18.0 Å². The van der Waals surface area contributed by atoms with Gasteiger partial charge in [0.2, 0.25) is 0 Å². The molecule has 1 aromatic carbocycles. The molecule has 1 aliphatic carbocycles. The van der Waals surface area contributed by atoms with Gasteiger partial charge in [-0.1, -0.05) is 15.9 Å². The Morgan fingerprint density at radius 1 is 1.50 bits per heavy atom. The summed E-state index contributed by atoms with van der Waals surface area (Å²) in [5.41, 5.74) is 7.69. The SMILES string of the molecule is Cc1cc(Br)cc(C(=O)NCC(N)C2CC2)c1.Cl. The number of amides is 1. The number of nitrogens with two attached hydrogens (primary N) is 1.